The number of fused-ring (bicyclic) bond motifs is 1. The first kappa shape index (κ1) is 24.5. The van der Waals surface area contributed by atoms with Crippen LogP contribution in [0.5, 0.6) is 5.75 Å². The number of ether oxygens (including phenoxy) is 1. The summed E-state index contributed by atoms with van der Waals surface area (Å²) >= 11 is 13.8. The molecule has 3 heterocycles. The number of carbonyl (C=O) groups excluding carboxylic acids is 1. The fourth-order valence-electron chi connectivity index (χ4n) is 4.07. The minimum atomic E-state index is -0.346. The van der Waals surface area contributed by atoms with Gasteiger partial charge in [0.1, 0.15) is 11.1 Å². The zero-order chi connectivity index (χ0) is 25.2. The monoisotopic (exact) mass is 544 g/mol. The fourth-order valence-corrected chi connectivity index (χ4v) is 5.35. The minimum Gasteiger partial charge on any atom is -0.497 e. The molecule has 36 heavy (non-hydrogen) atoms. The van der Waals surface area contributed by atoms with E-state index >= 15 is 0 Å². The van der Waals surface area contributed by atoms with Crippen LogP contribution in [0.15, 0.2) is 58.6 Å². The maximum Gasteiger partial charge on any atom is 0.269 e. The van der Waals surface area contributed by atoms with Gasteiger partial charge in [-0.05, 0) is 36.4 Å². The second-order valence-electron chi connectivity index (χ2n) is 8.09. The fraction of sp³-hybridized carbons (Fsp3) is 0.250. The Morgan fingerprint density at radius 2 is 1.86 bits per heavy atom. The van der Waals surface area contributed by atoms with E-state index in [2.05, 4.69) is 20.1 Å². The Morgan fingerprint density at radius 1 is 1.11 bits per heavy atom. The van der Waals surface area contributed by atoms with Crippen LogP contribution in [0.25, 0.3) is 16.7 Å². The second-order valence-corrected chi connectivity index (χ2v) is 9.82. The highest BCUT2D eigenvalue weighted by molar-refractivity contribution is 7.99. The average molecular weight is 545 g/mol. The molecule has 1 saturated heterocycles. The van der Waals surface area contributed by atoms with Crippen LogP contribution >= 0.6 is 35.0 Å². The molecule has 0 unspecified atom stereocenters. The molecular formula is C24H22Cl2N6O3S. The third kappa shape index (κ3) is 4.76. The van der Waals surface area contributed by atoms with E-state index in [1.54, 1.807) is 25.3 Å². The van der Waals surface area contributed by atoms with Crippen molar-refractivity contribution < 1.29 is 9.53 Å². The first-order valence-corrected chi connectivity index (χ1v) is 12.9. The number of piperazine rings is 1. The smallest absolute Gasteiger partial charge is 0.269 e. The van der Waals surface area contributed by atoms with Crippen LogP contribution in [0, 0.1) is 0 Å². The number of carbonyl (C=O) groups is 1. The van der Waals surface area contributed by atoms with Crippen molar-refractivity contribution >= 4 is 57.6 Å². The van der Waals surface area contributed by atoms with Gasteiger partial charge < -0.3 is 14.5 Å². The number of nitrogens with one attached hydrogen (secondary N) is 1. The number of hydrogen-bond acceptors (Lipinski definition) is 7. The van der Waals surface area contributed by atoms with Gasteiger partial charge in [-0.15, -0.1) is 0 Å². The van der Waals surface area contributed by atoms with Gasteiger partial charge in [-0.1, -0.05) is 41.0 Å². The summed E-state index contributed by atoms with van der Waals surface area (Å²) < 4.78 is 6.60. The lowest BCUT2D eigenvalue weighted by Crippen LogP contribution is -2.49. The lowest BCUT2D eigenvalue weighted by molar-refractivity contribution is -0.128. The molecule has 4 aromatic rings. The maximum absolute atomic E-state index is 13.3. The van der Waals surface area contributed by atoms with Gasteiger partial charge in [-0.2, -0.15) is 5.10 Å². The number of benzene rings is 2. The van der Waals surface area contributed by atoms with Gasteiger partial charge in [0.15, 0.2) is 10.8 Å². The number of aromatic amines is 1. The number of H-pyrrole nitrogens is 1. The van der Waals surface area contributed by atoms with Crippen molar-refractivity contribution in [2.45, 2.75) is 5.16 Å². The molecule has 1 aliphatic rings. The van der Waals surface area contributed by atoms with Crippen molar-refractivity contribution in [2.75, 3.05) is 43.9 Å². The number of anilines is 1. The highest BCUT2D eigenvalue weighted by Gasteiger charge is 2.23. The largest absolute Gasteiger partial charge is 0.497 e. The van der Waals surface area contributed by atoms with Crippen LogP contribution in [0.4, 0.5) is 5.69 Å². The van der Waals surface area contributed by atoms with Gasteiger partial charge in [-0.25, -0.2) is 4.98 Å². The van der Waals surface area contributed by atoms with Gasteiger partial charge >= 0.3 is 0 Å². The van der Waals surface area contributed by atoms with Gasteiger partial charge in [0.2, 0.25) is 5.91 Å². The Labute approximate surface area is 221 Å². The first-order chi connectivity index (χ1) is 17.5. The number of thioether (sulfide) groups is 1. The Balaban J connectivity index is 1.32. The van der Waals surface area contributed by atoms with Gasteiger partial charge in [0, 0.05) is 31.9 Å². The Morgan fingerprint density at radius 3 is 2.58 bits per heavy atom. The highest BCUT2D eigenvalue weighted by Crippen LogP contribution is 2.31. The van der Waals surface area contributed by atoms with Crippen LogP contribution in [-0.4, -0.2) is 69.6 Å². The summed E-state index contributed by atoms with van der Waals surface area (Å²) in [5, 5.41) is 7.85. The summed E-state index contributed by atoms with van der Waals surface area (Å²) in [5.74, 6) is 0.897. The summed E-state index contributed by atoms with van der Waals surface area (Å²) in [7, 11) is 1.64. The quantitative estimate of drug-likeness (QED) is 0.290. The molecule has 0 bridgehead atoms. The van der Waals surface area contributed by atoms with Crippen molar-refractivity contribution in [3.63, 3.8) is 0 Å². The molecule has 0 atom stereocenters. The number of aromatic nitrogens is 4. The van der Waals surface area contributed by atoms with Crippen molar-refractivity contribution in [3.05, 3.63) is 69.1 Å². The molecule has 5 rings (SSSR count). The molecule has 2 aromatic carbocycles. The first-order valence-electron chi connectivity index (χ1n) is 11.2. The van der Waals surface area contributed by atoms with Gasteiger partial charge in [0.25, 0.3) is 5.56 Å². The third-order valence-electron chi connectivity index (χ3n) is 6.02. The summed E-state index contributed by atoms with van der Waals surface area (Å²) in [6, 6.07) is 12.9. The van der Waals surface area contributed by atoms with E-state index in [9.17, 15) is 9.59 Å². The number of nitrogens with zero attached hydrogens (tertiary/aromatic N) is 5. The molecule has 0 saturated carbocycles. The standard InChI is InChI=1S/C24H22Cl2N6O3S/c1-35-16-7-5-15(6-8-16)30-9-11-31(12-10-30)20(33)14-36-24-28-22-17(13-27-29-22)23(34)32(24)19-4-2-3-18(25)21(19)26/h2-8,13H,9-12,14H2,1H3,(H,27,29). The van der Waals surface area contributed by atoms with E-state index in [4.69, 9.17) is 27.9 Å². The number of halogens is 2. The van der Waals surface area contributed by atoms with Crippen molar-refractivity contribution in [1.29, 1.82) is 0 Å². The van der Waals surface area contributed by atoms with Crippen LogP contribution in [-0.2, 0) is 4.79 Å². The molecule has 12 heteroatoms. The SMILES string of the molecule is COc1ccc(N2CCN(C(=O)CSc3nc4[nH]ncc4c(=O)n3-c3cccc(Cl)c3Cl)CC2)cc1. The van der Waals surface area contributed by atoms with E-state index in [0.717, 1.165) is 24.5 Å². The Bertz CT molecular complexity index is 1470. The predicted octanol–water partition coefficient (Wildman–Crippen LogP) is 3.87. The zero-order valence-corrected chi connectivity index (χ0v) is 21.6. The third-order valence-corrected chi connectivity index (χ3v) is 7.75. The molecule has 1 aliphatic heterocycles. The number of rotatable bonds is 6. The molecule has 1 N–H and O–H groups in total. The van der Waals surface area contributed by atoms with E-state index in [0.29, 0.717) is 40.0 Å². The summed E-state index contributed by atoms with van der Waals surface area (Å²) in [5.41, 5.74) is 1.49. The lowest BCUT2D eigenvalue weighted by atomic mass is 10.2. The van der Waals surface area contributed by atoms with E-state index < -0.39 is 0 Å². The highest BCUT2D eigenvalue weighted by atomic mass is 35.5. The van der Waals surface area contributed by atoms with E-state index in [1.807, 2.05) is 29.2 Å². The van der Waals surface area contributed by atoms with E-state index in [-0.39, 0.29) is 22.2 Å². The molecule has 0 spiro atoms. The molecule has 2 aromatic heterocycles. The van der Waals surface area contributed by atoms with Crippen molar-refractivity contribution in [1.82, 2.24) is 24.6 Å². The normalized spacial score (nSPS) is 13.9. The minimum absolute atomic E-state index is 0.0305. The maximum atomic E-state index is 13.3. The summed E-state index contributed by atoms with van der Waals surface area (Å²) in [4.78, 5) is 34.9. The van der Waals surface area contributed by atoms with Gasteiger partial charge in [0.05, 0.1) is 34.8 Å². The van der Waals surface area contributed by atoms with Crippen LogP contribution in [0.2, 0.25) is 10.0 Å². The Hall–Kier alpha value is -3.21. The van der Waals surface area contributed by atoms with Crippen LogP contribution < -0.4 is 15.2 Å². The number of methoxy groups -OCH3 is 1. The molecule has 9 nitrogen and oxygen atoms in total. The van der Waals surface area contributed by atoms with Crippen LogP contribution in [0.3, 0.4) is 0 Å². The van der Waals surface area contributed by atoms with Crippen LogP contribution in [0.1, 0.15) is 0 Å². The number of hydrogen-bond donors (Lipinski definition) is 1. The second kappa shape index (κ2) is 10.4. The molecule has 1 fully saturated rings. The predicted molar refractivity (Wildman–Crippen MR) is 142 cm³/mol. The molecule has 1 amide bonds. The molecule has 0 aliphatic carbocycles. The van der Waals surface area contributed by atoms with Gasteiger partial charge in [-0.3, -0.25) is 19.3 Å². The summed E-state index contributed by atoms with van der Waals surface area (Å²) in [6.07, 6.45) is 1.42. The van der Waals surface area contributed by atoms with E-state index in [1.165, 1.54) is 22.5 Å². The topological polar surface area (TPSA) is 96.3 Å². The van der Waals surface area contributed by atoms with Crippen molar-refractivity contribution in [2.24, 2.45) is 0 Å². The molecular weight excluding hydrogens is 523 g/mol. The summed E-state index contributed by atoms with van der Waals surface area (Å²) in [6.45, 7) is 2.66. The average Bonchev–Trinajstić information content (AvgIpc) is 3.39. The number of amides is 1. The van der Waals surface area contributed by atoms with Crippen molar-refractivity contribution in [3.8, 4) is 11.4 Å². The molecule has 186 valence electrons. The zero-order valence-electron chi connectivity index (χ0n) is 19.3. The lowest BCUT2D eigenvalue weighted by Gasteiger charge is -2.36. The molecule has 0 radical (unpaired) electrons. The Kier molecular flexibility index (Phi) is 7.08.